The molecule has 24 heavy (non-hydrogen) atoms. The molecule has 0 radical (unpaired) electrons. The lowest BCUT2D eigenvalue weighted by atomic mass is 10.2. The van der Waals surface area contributed by atoms with Crippen LogP contribution in [0.25, 0.3) is 4.96 Å². The van der Waals surface area contributed by atoms with Gasteiger partial charge in [-0.25, -0.2) is 9.78 Å². The van der Waals surface area contributed by atoms with Gasteiger partial charge in [0.1, 0.15) is 17.4 Å². The summed E-state index contributed by atoms with van der Waals surface area (Å²) in [4.78, 5) is 28.4. The Labute approximate surface area is 141 Å². The Balaban J connectivity index is 1.58. The van der Waals surface area contributed by atoms with E-state index in [9.17, 15) is 9.59 Å². The highest BCUT2D eigenvalue weighted by Crippen LogP contribution is 2.12. The van der Waals surface area contributed by atoms with Gasteiger partial charge in [-0.05, 0) is 26.0 Å². The van der Waals surface area contributed by atoms with Crippen LogP contribution in [0.3, 0.4) is 0 Å². The van der Waals surface area contributed by atoms with Gasteiger partial charge in [-0.2, -0.15) is 9.61 Å². The van der Waals surface area contributed by atoms with Crippen LogP contribution in [-0.2, 0) is 16.1 Å². The molecule has 8 heteroatoms. The fraction of sp³-hybridized carbons (Fsp3) is 0.250. The molecule has 0 aliphatic heterocycles. The van der Waals surface area contributed by atoms with Crippen LogP contribution in [0.4, 0.5) is 0 Å². The Kier molecular flexibility index (Phi) is 4.57. The second-order valence-electron chi connectivity index (χ2n) is 5.16. The molecule has 0 atom stereocenters. The molecule has 1 aromatic carbocycles. The van der Waals surface area contributed by atoms with Crippen LogP contribution in [0, 0.1) is 13.8 Å². The van der Waals surface area contributed by atoms with E-state index in [-0.39, 0.29) is 18.8 Å². The summed E-state index contributed by atoms with van der Waals surface area (Å²) >= 11 is 1.30. The first-order valence-electron chi connectivity index (χ1n) is 7.23. The number of carbonyl (C=O) groups excluding carboxylic acids is 1. The van der Waals surface area contributed by atoms with Crippen molar-refractivity contribution >= 4 is 22.3 Å². The molecule has 0 unspecified atom stereocenters. The third kappa shape index (κ3) is 3.77. The first-order valence-corrected chi connectivity index (χ1v) is 8.04. The van der Waals surface area contributed by atoms with Gasteiger partial charge in [0, 0.05) is 6.07 Å². The summed E-state index contributed by atoms with van der Waals surface area (Å²) in [6, 6.07) is 8.66. The molecule has 0 aliphatic carbocycles. The molecule has 0 bridgehead atoms. The lowest BCUT2D eigenvalue weighted by molar-refractivity contribution is -0.147. The number of rotatable bonds is 5. The average molecular weight is 345 g/mol. The van der Waals surface area contributed by atoms with E-state index in [1.165, 1.54) is 21.9 Å². The summed E-state index contributed by atoms with van der Waals surface area (Å²) in [5.41, 5.74) is 1.19. The van der Waals surface area contributed by atoms with Crippen molar-refractivity contribution in [1.82, 2.24) is 14.6 Å². The number of carbonyl (C=O) groups is 1. The second-order valence-corrected chi connectivity index (χ2v) is 6.32. The van der Waals surface area contributed by atoms with Gasteiger partial charge in [0.15, 0.2) is 6.61 Å². The van der Waals surface area contributed by atoms with Crippen molar-refractivity contribution in [3.8, 4) is 5.75 Å². The minimum Gasteiger partial charge on any atom is -0.482 e. The van der Waals surface area contributed by atoms with E-state index in [0.29, 0.717) is 16.4 Å². The highest BCUT2D eigenvalue weighted by Gasteiger charge is 2.10. The molecular formula is C16H15N3O4S. The Hall–Kier alpha value is -2.74. The minimum atomic E-state index is -0.530. The molecule has 2 aromatic heterocycles. The standard InChI is InChI=1S/C16H15N3O4S/c1-10-3-5-13(6-4-10)22-9-15(21)23-8-12-7-14(20)19-16(17-12)24-11(2)18-19/h3-7H,8-9H2,1-2H3. The number of hydrogen-bond donors (Lipinski definition) is 0. The van der Waals surface area contributed by atoms with Crippen molar-refractivity contribution in [1.29, 1.82) is 0 Å². The highest BCUT2D eigenvalue weighted by molar-refractivity contribution is 7.16. The fourth-order valence-electron chi connectivity index (χ4n) is 2.00. The number of aryl methyl sites for hydroxylation is 2. The van der Waals surface area contributed by atoms with Crippen LogP contribution in [0.1, 0.15) is 16.3 Å². The first kappa shape index (κ1) is 16.1. The maximum atomic E-state index is 11.9. The quantitative estimate of drug-likeness (QED) is 0.657. The van der Waals surface area contributed by atoms with Gasteiger partial charge in [0.25, 0.3) is 5.56 Å². The first-order chi connectivity index (χ1) is 11.5. The van der Waals surface area contributed by atoms with E-state index in [1.54, 1.807) is 19.1 Å². The Morgan fingerprint density at radius 3 is 2.75 bits per heavy atom. The zero-order valence-electron chi connectivity index (χ0n) is 13.2. The number of esters is 1. The monoisotopic (exact) mass is 345 g/mol. The predicted molar refractivity (Wildman–Crippen MR) is 88.3 cm³/mol. The van der Waals surface area contributed by atoms with Crippen LogP contribution in [0.2, 0.25) is 0 Å². The van der Waals surface area contributed by atoms with Crippen molar-refractivity contribution in [2.45, 2.75) is 20.5 Å². The van der Waals surface area contributed by atoms with Gasteiger partial charge < -0.3 is 9.47 Å². The van der Waals surface area contributed by atoms with E-state index in [2.05, 4.69) is 10.1 Å². The Bertz CT molecular complexity index is 931. The van der Waals surface area contributed by atoms with E-state index in [4.69, 9.17) is 9.47 Å². The lowest BCUT2D eigenvalue weighted by Gasteiger charge is -2.07. The topological polar surface area (TPSA) is 82.8 Å². The van der Waals surface area contributed by atoms with Crippen molar-refractivity contribution < 1.29 is 14.3 Å². The molecule has 3 aromatic rings. The molecule has 0 saturated carbocycles. The van der Waals surface area contributed by atoms with Gasteiger partial charge in [-0.15, -0.1) is 0 Å². The molecule has 0 N–H and O–H groups in total. The number of ether oxygens (including phenoxy) is 2. The molecule has 0 fully saturated rings. The molecule has 7 nitrogen and oxygen atoms in total. The van der Waals surface area contributed by atoms with E-state index < -0.39 is 5.97 Å². The second kappa shape index (κ2) is 6.79. The van der Waals surface area contributed by atoms with Crippen molar-refractivity contribution in [3.63, 3.8) is 0 Å². The van der Waals surface area contributed by atoms with Crippen LogP contribution in [-0.4, -0.2) is 27.2 Å². The molecule has 2 heterocycles. The van der Waals surface area contributed by atoms with Crippen LogP contribution < -0.4 is 10.3 Å². The van der Waals surface area contributed by atoms with Gasteiger partial charge in [-0.1, -0.05) is 29.0 Å². The van der Waals surface area contributed by atoms with Crippen molar-refractivity contribution in [2.75, 3.05) is 6.61 Å². The van der Waals surface area contributed by atoms with E-state index in [1.807, 2.05) is 19.1 Å². The van der Waals surface area contributed by atoms with Crippen molar-refractivity contribution in [2.24, 2.45) is 0 Å². The zero-order valence-corrected chi connectivity index (χ0v) is 14.0. The van der Waals surface area contributed by atoms with Gasteiger partial charge in [0.2, 0.25) is 4.96 Å². The van der Waals surface area contributed by atoms with Gasteiger partial charge >= 0.3 is 5.97 Å². The smallest absolute Gasteiger partial charge is 0.344 e. The molecule has 0 spiro atoms. The fourth-order valence-corrected chi connectivity index (χ4v) is 2.77. The van der Waals surface area contributed by atoms with E-state index >= 15 is 0 Å². The molecule has 0 aliphatic rings. The Morgan fingerprint density at radius 1 is 1.25 bits per heavy atom. The zero-order chi connectivity index (χ0) is 17.1. The predicted octanol–water partition coefficient (Wildman–Crippen LogP) is 1.89. The van der Waals surface area contributed by atoms with Crippen LogP contribution in [0.5, 0.6) is 5.75 Å². The highest BCUT2D eigenvalue weighted by atomic mass is 32.1. The SMILES string of the molecule is Cc1ccc(OCC(=O)OCc2cc(=O)n3nc(C)sc3n2)cc1. The molecular weight excluding hydrogens is 330 g/mol. The third-order valence-electron chi connectivity index (χ3n) is 3.16. The summed E-state index contributed by atoms with van der Waals surface area (Å²) in [6.45, 7) is 3.47. The van der Waals surface area contributed by atoms with Crippen molar-refractivity contribution in [3.05, 3.63) is 57.0 Å². The average Bonchev–Trinajstić information content (AvgIpc) is 2.93. The Morgan fingerprint density at radius 2 is 2.00 bits per heavy atom. The summed E-state index contributed by atoms with van der Waals surface area (Å²) in [5, 5.41) is 4.79. The normalized spacial score (nSPS) is 10.8. The summed E-state index contributed by atoms with van der Waals surface area (Å²) in [5.74, 6) is 0.0635. The largest absolute Gasteiger partial charge is 0.482 e. The molecule has 124 valence electrons. The number of aromatic nitrogens is 3. The summed E-state index contributed by atoms with van der Waals surface area (Å²) < 4.78 is 11.7. The van der Waals surface area contributed by atoms with Gasteiger partial charge in [0.05, 0.1) is 5.69 Å². The number of benzene rings is 1. The molecule has 0 amide bonds. The lowest BCUT2D eigenvalue weighted by Crippen LogP contribution is -2.18. The maximum absolute atomic E-state index is 11.9. The molecule has 3 rings (SSSR count). The number of nitrogens with zero attached hydrogens (tertiary/aromatic N) is 3. The maximum Gasteiger partial charge on any atom is 0.344 e. The van der Waals surface area contributed by atoms with Crippen LogP contribution >= 0.6 is 11.3 Å². The molecule has 0 saturated heterocycles. The number of fused-ring (bicyclic) bond motifs is 1. The van der Waals surface area contributed by atoms with Crippen LogP contribution in [0.15, 0.2) is 35.1 Å². The number of hydrogen-bond acceptors (Lipinski definition) is 7. The summed E-state index contributed by atoms with van der Waals surface area (Å²) in [6.07, 6.45) is 0. The minimum absolute atomic E-state index is 0.0845. The van der Waals surface area contributed by atoms with E-state index in [0.717, 1.165) is 10.6 Å². The third-order valence-corrected chi connectivity index (χ3v) is 3.98. The van der Waals surface area contributed by atoms with Gasteiger partial charge in [-0.3, -0.25) is 4.79 Å². The summed E-state index contributed by atoms with van der Waals surface area (Å²) in [7, 11) is 0.